The molecular weight excluding hydrogens is 248 g/mol. The Labute approximate surface area is 109 Å². The van der Waals surface area contributed by atoms with E-state index in [-0.39, 0.29) is 5.91 Å². The molecule has 0 saturated carbocycles. The fourth-order valence-corrected chi connectivity index (χ4v) is 2.18. The molecule has 1 amide bonds. The van der Waals surface area contributed by atoms with Crippen LogP contribution in [-0.4, -0.2) is 34.6 Å². The van der Waals surface area contributed by atoms with Gasteiger partial charge in [-0.15, -0.1) is 21.5 Å². The molecule has 18 heavy (non-hydrogen) atoms. The molecule has 0 unspecified atom stereocenters. The van der Waals surface area contributed by atoms with Crippen molar-refractivity contribution in [1.82, 2.24) is 15.1 Å². The summed E-state index contributed by atoms with van der Waals surface area (Å²) in [6.07, 6.45) is 0.850. The second-order valence-electron chi connectivity index (χ2n) is 3.90. The van der Waals surface area contributed by atoms with Gasteiger partial charge in [0.2, 0.25) is 0 Å². The van der Waals surface area contributed by atoms with Crippen molar-refractivity contribution >= 4 is 23.1 Å². The summed E-state index contributed by atoms with van der Waals surface area (Å²) in [6, 6.07) is 7.24. The van der Waals surface area contributed by atoms with Gasteiger partial charge in [0.05, 0.1) is 0 Å². The lowest BCUT2D eigenvalue weighted by atomic mass is 10.3. The highest BCUT2D eigenvalue weighted by molar-refractivity contribution is 7.09. The van der Waals surface area contributed by atoms with E-state index < -0.39 is 0 Å². The molecule has 0 radical (unpaired) electrons. The Balaban J connectivity index is 1.94. The lowest BCUT2D eigenvalue weighted by Crippen LogP contribution is -2.29. The smallest absolute Gasteiger partial charge is 0.274 e. The van der Waals surface area contributed by atoms with E-state index in [0.717, 1.165) is 6.42 Å². The molecule has 0 spiro atoms. The van der Waals surface area contributed by atoms with Crippen molar-refractivity contribution in [3.63, 3.8) is 0 Å². The van der Waals surface area contributed by atoms with E-state index >= 15 is 0 Å². The van der Waals surface area contributed by atoms with E-state index in [1.54, 1.807) is 35.4 Å². The van der Waals surface area contributed by atoms with E-state index in [2.05, 4.69) is 16.3 Å². The molecule has 0 aliphatic carbocycles. The third-order valence-corrected chi connectivity index (χ3v) is 3.46. The van der Waals surface area contributed by atoms with Crippen LogP contribution in [0.2, 0.25) is 0 Å². The van der Waals surface area contributed by atoms with Crippen LogP contribution in [0, 0.1) is 0 Å². The number of hydrogen-bond donors (Lipinski definition) is 1. The zero-order valence-electron chi connectivity index (χ0n) is 10.0. The fourth-order valence-electron chi connectivity index (χ4n) is 1.49. The Bertz CT molecular complexity index is 509. The third-order valence-electron chi connectivity index (χ3n) is 2.52. The molecule has 0 atom stereocenters. The van der Waals surface area contributed by atoms with Crippen molar-refractivity contribution in [3.05, 3.63) is 40.2 Å². The Morgan fingerprint density at radius 2 is 2.22 bits per heavy atom. The van der Waals surface area contributed by atoms with Crippen molar-refractivity contribution < 1.29 is 4.79 Å². The molecular formula is C12H14N4OS. The molecule has 94 valence electrons. The van der Waals surface area contributed by atoms with Gasteiger partial charge in [0.1, 0.15) is 5.82 Å². The maximum atomic E-state index is 12.0. The van der Waals surface area contributed by atoms with Crippen LogP contribution in [0.5, 0.6) is 0 Å². The summed E-state index contributed by atoms with van der Waals surface area (Å²) >= 11 is 1.69. The number of rotatable bonds is 4. The monoisotopic (exact) mass is 262 g/mol. The molecule has 0 aromatic carbocycles. The average Bonchev–Trinajstić information content (AvgIpc) is 2.89. The van der Waals surface area contributed by atoms with E-state index in [9.17, 15) is 4.79 Å². The number of likely N-dealkylation sites (N-methyl/N-ethyl adjacent to an activating group) is 1. The molecule has 0 aliphatic rings. The summed E-state index contributed by atoms with van der Waals surface area (Å²) < 4.78 is 0. The van der Waals surface area contributed by atoms with Crippen molar-refractivity contribution in [2.45, 2.75) is 6.42 Å². The van der Waals surface area contributed by atoms with Gasteiger partial charge in [-0.05, 0) is 30.0 Å². The lowest BCUT2D eigenvalue weighted by Gasteiger charge is -2.15. The number of anilines is 1. The number of amides is 1. The summed E-state index contributed by atoms with van der Waals surface area (Å²) in [5.74, 6) is 0.173. The van der Waals surface area contributed by atoms with Crippen LogP contribution in [-0.2, 0) is 6.42 Å². The minimum Gasteiger partial charge on any atom is -0.382 e. The van der Waals surface area contributed by atoms with Crippen LogP contribution in [0.4, 0.5) is 5.82 Å². The number of nitrogens with two attached hydrogens (primary N) is 1. The maximum Gasteiger partial charge on any atom is 0.274 e. The Kier molecular flexibility index (Phi) is 3.88. The van der Waals surface area contributed by atoms with Crippen LogP contribution in [0.1, 0.15) is 15.4 Å². The van der Waals surface area contributed by atoms with Gasteiger partial charge in [0, 0.05) is 18.5 Å². The lowest BCUT2D eigenvalue weighted by molar-refractivity contribution is 0.0790. The van der Waals surface area contributed by atoms with Gasteiger partial charge >= 0.3 is 0 Å². The van der Waals surface area contributed by atoms with Crippen molar-refractivity contribution in [2.24, 2.45) is 0 Å². The summed E-state index contributed by atoms with van der Waals surface area (Å²) in [5.41, 5.74) is 5.75. The van der Waals surface area contributed by atoms with Gasteiger partial charge < -0.3 is 10.6 Å². The Morgan fingerprint density at radius 1 is 1.39 bits per heavy atom. The van der Waals surface area contributed by atoms with Crippen LogP contribution in [0.25, 0.3) is 0 Å². The predicted octanol–water partition coefficient (Wildman–Crippen LogP) is 1.44. The van der Waals surface area contributed by atoms with E-state index in [0.29, 0.717) is 18.1 Å². The molecule has 2 heterocycles. The normalized spacial score (nSPS) is 10.3. The molecule has 2 aromatic heterocycles. The molecule has 0 fully saturated rings. The van der Waals surface area contributed by atoms with Crippen LogP contribution in [0.3, 0.4) is 0 Å². The van der Waals surface area contributed by atoms with Crippen LogP contribution < -0.4 is 5.73 Å². The first-order valence-electron chi connectivity index (χ1n) is 5.54. The van der Waals surface area contributed by atoms with Gasteiger partial charge in [0.25, 0.3) is 5.91 Å². The van der Waals surface area contributed by atoms with Crippen LogP contribution >= 0.6 is 11.3 Å². The third kappa shape index (κ3) is 3.04. The molecule has 0 aliphatic heterocycles. The van der Waals surface area contributed by atoms with E-state index in [1.807, 2.05) is 11.4 Å². The summed E-state index contributed by atoms with van der Waals surface area (Å²) in [5, 5.41) is 9.49. The predicted molar refractivity (Wildman–Crippen MR) is 71.4 cm³/mol. The Hall–Kier alpha value is -1.95. The molecule has 2 N–H and O–H groups in total. The highest BCUT2D eigenvalue weighted by Gasteiger charge is 2.13. The number of hydrogen-bond acceptors (Lipinski definition) is 5. The number of nitrogens with zero attached hydrogens (tertiary/aromatic N) is 3. The number of carbonyl (C=O) groups excluding carboxylic acids is 1. The van der Waals surface area contributed by atoms with Gasteiger partial charge in [-0.25, -0.2) is 0 Å². The second kappa shape index (κ2) is 5.59. The van der Waals surface area contributed by atoms with Gasteiger partial charge in [-0.1, -0.05) is 6.07 Å². The maximum absolute atomic E-state index is 12.0. The fraction of sp³-hybridized carbons (Fsp3) is 0.250. The first-order chi connectivity index (χ1) is 8.66. The van der Waals surface area contributed by atoms with Crippen molar-refractivity contribution in [1.29, 1.82) is 0 Å². The zero-order chi connectivity index (χ0) is 13.0. The highest BCUT2D eigenvalue weighted by atomic mass is 32.1. The summed E-state index contributed by atoms with van der Waals surface area (Å²) in [4.78, 5) is 14.9. The molecule has 6 heteroatoms. The quantitative estimate of drug-likeness (QED) is 0.904. The second-order valence-corrected chi connectivity index (χ2v) is 4.93. The standard InChI is InChI=1S/C12H14N4OS/c1-16(7-6-9-3-2-8-18-9)12(17)10-4-5-11(13)15-14-10/h2-5,8H,6-7H2,1H3,(H2,13,15). The van der Waals surface area contributed by atoms with E-state index in [4.69, 9.17) is 5.73 Å². The van der Waals surface area contributed by atoms with Crippen LogP contribution in [0.15, 0.2) is 29.6 Å². The Morgan fingerprint density at radius 3 is 2.83 bits per heavy atom. The first kappa shape index (κ1) is 12.5. The van der Waals surface area contributed by atoms with Crippen molar-refractivity contribution in [2.75, 3.05) is 19.3 Å². The summed E-state index contributed by atoms with van der Waals surface area (Å²) in [7, 11) is 1.76. The average molecular weight is 262 g/mol. The number of carbonyl (C=O) groups is 1. The van der Waals surface area contributed by atoms with Gasteiger partial charge in [-0.3, -0.25) is 4.79 Å². The number of aromatic nitrogens is 2. The van der Waals surface area contributed by atoms with Gasteiger partial charge in [-0.2, -0.15) is 0 Å². The molecule has 0 bridgehead atoms. The largest absolute Gasteiger partial charge is 0.382 e. The first-order valence-corrected chi connectivity index (χ1v) is 6.42. The highest BCUT2D eigenvalue weighted by Crippen LogP contribution is 2.10. The SMILES string of the molecule is CN(CCc1cccs1)C(=O)c1ccc(N)nn1. The zero-order valence-corrected chi connectivity index (χ0v) is 10.9. The van der Waals surface area contributed by atoms with E-state index in [1.165, 1.54) is 4.88 Å². The van der Waals surface area contributed by atoms with Gasteiger partial charge in [0.15, 0.2) is 5.69 Å². The number of nitrogen functional groups attached to an aromatic ring is 1. The molecule has 0 saturated heterocycles. The summed E-state index contributed by atoms with van der Waals surface area (Å²) in [6.45, 7) is 0.658. The molecule has 5 nitrogen and oxygen atoms in total. The number of thiophene rings is 1. The molecule has 2 rings (SSSR count). The minimum atomic E-state index is -0.140. The van der Waals surface area contributed by atoms with Crippen molar-refractivity contribution in [3.8, 4) is 0 Å². The topological polar surface area (TPSA) is 72.1 Å². The molecule has 2 aromatic rings. The minimum absolute atomic E-state index is 0.140.